The van der Waals surface area contributed by atoms with Gasteiger partial charge in [-0.3, -0.25) is 0 Å². The second-order valence-electron chi connectivity index (χ2n) is 4.65. The smallest absolute Gasteiger partial charge is 0.137 e. The molecule has 1 aromatic rings. The summed E-state index contributed by atoms with van der Waals surface area (Å²) in [4.78, 5) is 8.81. The van der Waals surface area contributed by atoms with E-state index in [1.807, 2.05) is 12.1 Å². The molecule has 1 nitrogen and oxygen atoms in total. The van der Waals surface area contributed by atoms with Crippen LogP contribution in [0, 0.1) is 24.1 Å². The summed E-state index contributed by atoms with van der Waals surface area (Å²) in [5, 5.41) is 0. The van der Waals surface area contributed by atoms with E-state index in [0.717, 1.165) is 6.29 Å². The molecule has 1 saturated carbocycles. The second kappa shape index (κ2) is 7.33. The molecule has 0 spiro atoms. The Balaban J connectivity index is 0.000000509. The van der Waals surface area contributed by atoms with Gasteiger partial charge in [0.25, 0.3) is 0 Å². The average molecular weight is 313 g/mol. The molecular formula is C15H18BrFO. The van der Waals surface area contributed by atoms with Gasteiger partial charge in [0.2, 0.25) is 0 Å². The number of hydrogen-bond acceptors (Lipinski definition) is 1. The van der Waals surface area contributed by atoms with Crippen LogP contribution in [-0.4, -0.2) is 6.29 Å². The molecule has 3 heteroatoms. The highest BCUT2D eigenvalue weighted by molar-refractivity contribution is 9.10. The predicted octanol–water partition coefficient (Wildman–Crippen LogP) is 4.56. The number of hydrogen-bond donors (Lipinski definition) is 0. The van der Waals surface area contributed by atoms with Gasteiger partial charge in [-0.15, -0.1) is 12.8 Å². The van der Waals surface area contributed by atoms with Crippen LogP contribution in [0.5, 0.6) is 0 Å². The van der Waals surface area contributed by atoms with Crippen LogP contribution in [0.25, 0.3) is 0 Å². The highest BCUT2D eigenvalue weighted by atomic mass is 79.9. The summed E-state index contributed by atoms with van der Waals surface area (Å²) in [5.41, 5.74) is 1.66. The number of terminal acetylenes is 1. The largest absolute Gasteiger partial charge is 0.304 e. The normalized spacial score (nSPS) is 18.5. The van der Waals surface area contributed by atoms with Crippen molar-refractivity contribution >= 4 is 22.2 Å². The Morgan fingerprint density at radius 3 is 2.22 bits per heavy atom. The maximum atomic E-state index is 12.9. The quantitative estimate of drug-likeness (QED) is 0.549. The molecule has 0 aliphatic heterocycles. The van der Waals surface area contributed by atoms with E-state index in [1.54, 1.807) is 0 Å². The third-order valence-corrected chi connectivity index (χ3v) is 3.47. The first-order valence-corrected chi connectivity index (χ1v) is 6.39. The Kier molecular flexibility index (Phi) is 6.86. The summed E-state index contributed by atoms with van der Waals surface area (Å²) < 4.78 is 13.5. The maximum Gasteiger partial charge on any atom is 0.137 e. The van der Waals surface area contributed by atoms with Gasteiger partial charge in [-0.1, -0.05) is 19.9 Å². The first kappa shape index (κ1) is 16.9. The van der Waals surface area contributed by atoms with Crippen LogP contribution < -0.4 is 0 Å². The van der Waals surface area contributed by atoms with Gasteiger partial charge in [-0.2, -0.15) is 0 Å². The summed E-state index contributed by atoms with van der Waals surface area (Å²) in [5.74, 6) is 0.437. The van der Waals surface area contributed by atoms with E-state index >= 15 is 0 Å². The van der Waals surface area contributed by atoms with Crippen molar-refractivity contribution in [2.75, 3.05) is 0 Å². The van der Waals surface area contributed by atoms with Crippen LogP contribution >= 0.6 is 15.9 Å². The van der Waals surface area contributed by atoms with Gasteiger partial charge in [-0.05, 0) is 58.3 Å². The van der Waals surface area contributed by atoms with Crippen LogP contribution in [0.2, 0.25) is 0 Å². The topological polar surface area (TPSA) is 17.1 Å². The Labute approximate surface area is 117 Å². The van der Waals surface area contributed by atoms with Gasteiger partial charge in [-0.25, -0.2) is 4.39 Å². The number of rotatable bonds is 1. The maximum absolute atomic E-state index is 12.9. The molecule has 2 rings (SSSR count). The summed E-state index contributed by atoms with van der Waals surface area (Å²) >= 11 is 3.20. The number of carbonyl (C=O) groups excluding carboxylic acids is 1. The van der Waals surface area contributed by atoms with Gasteiger partial charge in [0, 0.05) is 0 Å². The molecule has 1 aromatic carbocycles. The zero-order valence-electron chi connectivity index (χ0n) is 10.9. The molecule has 0 N–H and O–H groups in total. The Hall–Kier alpha value is -1.14. The fourth-order valence-electron chi connectivity index (χ4n) is 1.77. The summed E-state index contributed by atoms with van der Waals surface area (Å²) in [6, 6.07) is 5.32. The molecule has 98 valence electrons. The van der Waals surface area contributed by atoms with Crippen molar-refractivity contribution in [2.45, 2.75) is 33.1 Å². The minimum atomic E-state index is -0.179. The standard InChI is InChI=1S/C11H12BrF.C2H4O.C2H2/c1-11(2)6-8(11)7-3-4-10(13)9(12)5-7;1-2-3;1-2/h3-5,8H,6H2,1-2H3;2H,1H3;1-2H/t8-;;/m0../s1. The molecule has 0 aromatic heterocycles. The van der Waals surface area contributed by atoms with Gasteiger partial charge in [0.05, 0.1) is 4.47 Å². The van der Waals surface area contributed by atoms with Crippen LogP contribution in [0.4, 0.5) is 4.39 Å². The molecule has 1 aliphatic carbocycles. The number of benzene rings is 1. The van der Waals surface area contributed by atoms with Crippen LogP contribution in [0.15, 0.2) is 22.7 Å². The zero-order chi connectivity index (χ0) is 14.3. The lowest BCUT2D eigenvalue weighted by molar-refractivity contribution is -0.106. The van der Waals surface area contributed by atoms with Gasteiger partial charge in [0.15, 0.2) is 0 Å². The molecule has 1 aliphatic rings. The van der Waals surface area contributed by atoms with E-state index in [9.17, 15) is 4.39 Å². The SMILES string of the molecule is C#C.CC1(C)C[C@H]1c1ccc(F)c(Br)c1.CC=O. The zero-order valence-corrected chi connectivity index (χ0v) is 12.5. The van der Waals surface area contributed by atoms with Crippen molar-refractivity contribution in [2.24, 2.45) is 5.41 Å². The molecule has 1 fully saturated rings. The molecule has 18 heavy (non-hydrogen) atoms. The van der Waals surface area contributed by atoms with E-state index in [2.05, 4.69) is 42.6 Å². The van der Waals surface area contributed by atoms with Gasteiger partial charge >= 0.3 is 0 Å². The molecule has 0 unspecified atom stereocenters. The van der Waals surface area contributed by atoms with E-state index in [-0.39, 0.29) is 5.82 Å². The highest BCUT2D eigenvalue weighted by Gasteiger charge is 2.46. The molecule has 0 bridgehead atoms. The number of aldehydes is 1. The molecule has 0 radical (unpaired) electrons. The minimum Gasteiger partial charge on any atom is -0.304 e. The second-order valence-corrected chi connectivity index (χ2v) is 5.51. The third kappa shape index (κ3) is 4.62. The van der Waals surface area contributed by atoms with Crippen molar-refractivity contribution in [3.8, 4) is 12.8 Å². The molecule has 0 heterocycles. The number of carbonyl (C=O) groups is 1. The first-order valence-electron chi connectivity index (χ1n) is 5.60. The lowest BCUT2D eigenvalue weighted by Crippen LogP contribution is -1.90. The minimum absolute atomic E-state index is 0.179. The van der Waals surface area contributed by atoms with Crippen molar-refractivity contribution in [3.63, 3.8) is 0 Å². The fraction of sp³-hybridized carbons (Fsp3) is 0.400. The van der Waals surface area contributed by atoms with E-state index in [4.69, 9.17) is 4.79 Å². The molecule has 1 atom stereocenters. The molecule has 0 saturated heterocycles. The Bertz CT molecular complexity index is 424. The summed E-state index contributed by atoms with van der Waals surface area (Å²) in [7, 11) is 0. The van der Waals surface area contributed by atoms with Gasteiger partial charge < -0.3 is 4.79 Å². The predicted molar refractivity (Wildman–Crippen MR) is 76.9 cm³/mol. The fourth-order valence-corrected chi connectivity index (χ4v) is 2.16. The van der Waals surface area contributed by atoms with Gasteiger partial charge in [0.1, 0.15) is 12.1 Å². The Morgan fingerprint density at radius 1 is 1.44 bits per heavy atom. The third-order valence-electron chi connectivity index (χ3n) is 2.86. The average Bonchev–Trinajstić information content (AvgIpc) is 2.96. The van der Waals surface area contributed by atoms with Crippen molar-refractivity contribution in [1.29, 1.82) is 0 Å². The molecular weight excluding hydrogens is 295 g/mol. The summed E-state index contributed by atoms with van der Waals surface area (Å²) in [6.07, 6.45) is 9.96. The highest BCUT2D eigenvalue weighted by Crippen LogP contribution is 2.58. The van der Waals surface area contributed by atoms with E-state index < -0.39 is 0 Å². The first-order chi connectivity index (χ1) is 8.42. The van der Waals surface area contributed by atoms with E-state index in [0.29, 0.717) is 15.8 Å². The molecule has 0 amide bonds. The Morgan fingerprint density at radius 2 is 1.89 bits per heavy atom. The van der Waals surface area contributed by atoms with Crippen LogP contribution in [0.3, 0.4) is 0 Å². The van der Waals surface area contributed by atoms with Crippen molar-refractivity contribution in [3.05, 3.63) is 34.1 Å². The number of halogens is 2. The summed E-state index contributed by atoms with van der Waals surface area (Å²) in [6.45, 7) is 5.93. The lowest BCUT2D eigenvalue weighted by Gasteiger charge is -2.04. The van der Waals surface area contributed by atoms with Crippen LogP contribution in [-0.2, 0) is 4.79 Å². The van der Waals surface area contributed by atoms with Crippen LogP contribution in [0.1, 0.15) is 38.7 Å². The monoisotopic (exact) mass is 312 g/mol. The van der Waals surface area contributed by atoms with Crippen molar-refractivity contribution in [1.82, 2.24) is 0 Å². The van der Waals surface area contributed by atoms with E-state index in [1.165, 1.54) is 25.0 Å². The lowest BCUT2D eigenvalue weighted by atomic mass is 10.0. The van der Waals surface area contributed by atoms with Crippen molar-refractivity contribution < 1.29 is 9.18 Å².